The molecule has 2 atom stereocenters. The molecule has 0 saturated carbocycles. The van der Waals surface area contributed by atoms with Gasteiger partial charge in [0, 0.05) is 5.54 Å². The van der Waals surface area contributed by atoms with Crippen LogP contribution in [0.3, 0.4) is 0 Å². The molecule has 45 heavy (non-hydrogen) atoms. The monoisotopic (exact) mass is 630 g/mol. The number of carbonyl (C=O) groups is 3. The van der Waals surface area contributed by atoms with Crippen molar-refractivity contribution >= 4 is 36.5 Å². The number of carboxylic acids is 1. The molecule has 0 aromatic heterocycles. The van der Waals surface area contributed by atoms with Gasteiger partial charge in [-0.3, -0.25) is 18.9 Å². The van der Waals surface area contributed by atoms with E-state index in [4.69, 9.17) is 10.5 Å². The third kappa shape index (κ3) is 6.92. The molecule has 1 amide bonds. The van der Waals surface area contributed by atoms with E-state index in [9.17, 15) is 19.5 Å². The van der Waals surface area contributed by atoms with E-state index in [0.29, 0.717) is 0 Å². The van der Waals surface area contributed by atoms with Gasteiger partial charge in [0.25, 0.3) is 0 Å². The Bertz CT molecular complexity index is 1420. The van der Waals surface area contributed by atoms with Gasteiger partial charge in [-0.2, -0.15) is 0 Å². The quantitative estimate of drug-likeness (QED) is 0.159. The first-order valence-electron chi connectivity index (χ1n) is 15.5. The first kappa shape index (κ1) is 35.7. The second-order valence-electron chi connectivity index (χ2n) is 14.9. The van der Waals surface area contributed by atoms with Crippen LogP contribution in [0.4, 0.5) is 0 Å². The molecule has 3 rings (SSSR count). The summed E-state index contributed by atoms with van der Waals surface area (Å²) in [5.74, 6) is -4.39. The van der Waals surface area contributed by atoms with E-state index >= 15 is 0 Å². The smallest absolute Gasteiger partial charge is 0.324 e. The fourth-order valence-electron chi connectivity index (χ4n) is 7.01. The van der Waals surface area contributed by atoms with E-state index in [1.54, 1.807) is 0 Å². The molecule has 3 aromatic rings. The fraction of sp³-hybridized carbons (Fsp3) is 0.432. The Kier molecular flexibility index (Phi) is 10.6. The minimum Gasteiger partial charge on any atom is -0.480 e. The summed E-state index contributed by atoms with van der Waals surface area (Å²) < 4.78 is 7.82. The molecule has 0 aliphatic heterocycles. The van der Waals surface area contributed by atoms with Crippen molar-refractivity contribution in [3.63, 3.8) is 0 Å². The number of hydrogen-bond acceptors (Lipinski definition) is 5. The van der Waals surface area contributed by atoms with Crippen LogP contribution in [0.15, 0.2) is 91.0 Å². The molecule has 0 aliphatic carbocycles. The lowest BCUT2D eigenvalue weighted by atomic mass is 9.67. The van der Waals surface area contributed by atoms with Crippen LogP contribution in [0, 0.1) is 11.3 Å². The lowest BCUT2D eigenvalue weighted by Gasteiger charge is -2.65. The summed E-state index contributed by atoms with van der Waals surface area (Å²) in [5.41, 5.74) is 3.17. The summed E-state index contributed by atoms with van der Waals surface area (Å²) in [6.07, 6.45) is -0.365. The van der Waals surface area contributed by atoms with Crippen LogP contribution >= 0.6 is 0 Å². The number of carbonyl (C=O) groups excluding carboxylic acids is 2. The van der Waals surface area contributed by atoms with Gasteiger partial charge < -0.3 is 15.6 Å². The number of amides is 1. The zero-order valence-corrected chi connectivity index (χ0v) is 29.3. The Morgan fingerprint density at radius 2 is 1.18 bits per heavy atom. The number of primary amides is 1. The predicted molar refractivity (Wildman–Crippen MR) is 183 cm³/mol. The maximum absolute atomic E-state index is 14.2. The van der Waals surface area contributed by atoms with Gasteiger partial charge in [-0.1, -0.05) is 133 Å². The molecular formula is C37H50N2O5Si. The Morgan fingerprint density at radius 1 is 0.756 bits per heavy atom. The highest BCUT2D eigenvalue weighted by Gasteiger charge is 2.68. The second-order valence-corrected chi connectivity index (χ2v) is 19.4. The average Bonchev–Trinajstić information content (AvgIpc) is 2.95. The number of aliphatic carboxylic acids is 1. The molecule has 3 aromatic carbocycles. The van der Waals surface area contributed by atoms with Gasteiger partial charge in [0.15, 0.2) is 8.24 Å². The largest absolute Gasteiger partial charge is 0.480 e. The van der Waals surface area contributed by atoms with E-state index in [1.807, 2.05) is 108 Å². The predicted octanol–water partition coefficient (Wildman–Crippen LogP) is 5.75. The number of hydrogen-bond donors (Lipinski definition) is 2. The summed E-state index contributed by atoms with van der Waals surface area (Å²) in [7, 11) is -3.38. The Morgan fingerprint density at radius 3 is 1.51 bits per heavy atom. The summed E-state index contributed by atoms with van der Waals surface area (Å²) >= 11 is 0. The number of nitrogens with two attached hydrogens (primary N) is 1. The van der Waals surface area contributed by atoms with Crippen LogP contribution in [-0.2, 0) is 25.7 Å². The van der Waals surface area contributed by atoms with Crippen LogP contribution in [0.2, 0.25) is 5.04 Å². The van der Waals surface area contributed by atoms with E-state index < -0.39 is 53.5 Å². The molecular weight excluding hydrogens is 581 g/mol. The third-order valence-electron chi connectivity index (χ3n) is 8.80. The van der Waals surface area contributed by atoms with E-state index in [0.717, 1.165) is 15.9 Å². The highest BCUT2D eigenvalue weighted by molar-refractivity contribution is 7.02. The first-order valence-corrected chi connectivity index (χ1v) is 17.4. The average molecular weight is 631 g/mol. The van der Waals surface area contributed by atoms with Gasteiger partial charge in [-0.15, -0.1) is 0 Å². The number of rotatable bonds is 11. The highest BCUT2D eigenvalue weighted by atomic mass is 28.3. The van der Waals surface area contributed by atoms with Crippen molar-refractivity contribution in [2.24, 2.45) is 17.1 Å². The molecule has 7 nitrogen and oxygen atoms in total. The van der Waals surface area contributed by atoms with Crippen molar-refractivity contribution in [3.8, 4) is 0 Å². The number of benzene rings is 3. The maximum Gasteiger partial charge on any atom is 0.324 e. The second kappa shape index (κ2) is 13.3. The minimum atomic E-state index is -3.38. The number of esters is 1. The molecule has 0 spiro atoms. The zero-order valence-electron chi connectivity index (χ0n) is 28.3. The SMILES string of the molecule is CC(C)(C)N([C@@](CC(C(N)=O)C(=O)OCc1ccccc1)(C(=O)O)C(C)(C)C)[Si](c1ccccc1)(c1ccccc1)C(C)(C)C. The van der Waals surface area contributed by atoms with Crippen LogP contribution in [0.25, 0.3) is 0 Å². The summed E-state index contributed by atoms with van der Waals surface area (Å²) in [6, 6.07) is 29.3. The lowest BCUT2D eigenvalue weighted by Crippen LogP contribution is -2.86. The van der Waals surface area contributed by atoms with Crippen LogP contribution in [-0.4, -0.2) is 46.8 Å². The third-order valence-corrected chi connectivity index (χ3v) is 15.0. The number of nitrogens with zero attached hydrogens (tertiary/aromatic N) is 1. The summed E-state index contributed by atoms with van der Waals surface area (Å²) in [6.45, 7) is 18.1. The first-order chi connectivity index (χ1) is 20.8. The molecule has 3 N–H and O–H groups in total. The molecule has 242 valence electrons. The van der Waals surface area contributed by atoms with Gasteiger partial charge >= 0.3 is 11.9 Å². The van der Waals surface area contributed by atoms with Crippen molar-refractivity contribution < 1.29 is 24.2 Å². The van der Waals surface area contributed by atoms with Gasteiger partial charge in [0.05, 0.1) is 0 Å². The molecule has 0 saturated heterocycles. The molecule has 0 aliphatic rings. The molecule has 0 radical (unpaired) electrons. The van der Waals surface area contributed by atoms with Crippen molar-refractivity contribution in [1.82, 2.24) is 4.57 Å². The Labute approximate surface area is 269 Å². The van der Waals surface area contributed by atoms with E-state index in [1.165, 1.54) is 0 Å². The highest BCUT2D eigenvalue weighted by Crippen LogP contribution is 2.52. The Hall–Kier alpha value is -3.75. The molecule has 8 heteroatoms. The van der Waals surface area contributed by atoms with Gasteiger partial charge in [-0.25, -0.2) is 0 Å². The Balaban J connectivity index is 2.44. The van der Waals surface area contributed by atoms with E-state index in [-0.39, 0.29) is 13.0 Å². The molecule has 0 heterocycles. The molecule has 0 bridgehead atoms. The van der Waals surface area contributed by atoms with Crippen molar-refractivity contribution in [1.29, 1.82) is 0 Å². The molecule has 1 unspecified atom stereocenters. The standard InChI is InChI=1S/C37H50N2O5Si/c1-34(2,3)37(33(42)43,25-30(31(38)40)32(41)44-26-27-19-13-10-14-20-27)39(35(4,5)6)45(36(7,8)9,28-21-15-11-16-22-28)29-23-17-12-18-24-29/h10-24,30H,25-26H2,1-9H3,(H2,38,40)(H,42,43)/t30?,37-/m0/s1. The van der Waals surface area contributed by atoms with Crippen molar-refractivity contribution in [3.05, 3.63) is 96.6 Å². The fourth-order valence-corrected chi connectivity index (χ4v) is 13.7. The number of carboxylic acid groups (broad SMARTS) is 1. The minimum absolute atomic E-state index is 0.0588. The van der Waals surface area contributed by atoms with Crippen molar-refractivity contribution in [2.75, 3.05) is 0 Å². The van der Waals surface area contributed by atoms with Crippen LogP contribution < -0.4 is 16.1 Å². The summed E-state index contributed by atoms with van der Waals surface area (Å²) in [4.78, 5) is 41.1. The van der Waals surface area contributed by atoms with Crippen LogP contribution in [0.5, 0.6) is 0 Å². The maximum atomic E-state index is 14.2. The van der Waals surface area contributed by atoms with Crippen LogP contribution in [0.1, 0.15) is 74.3 Å². The number of ether oxygens (including phenoxy) is 1. The van der Waals surface area contributed by atoms with Crippen molar-refractivity contribution in [2.45, 2.75) is 91.5 Å². The normalized spacial score (nSPS) is 14.8. The van der Waals surface area contributed by atoms with Gasteiger partial charge in [-0.05, 0) is 53.6 Å². The zero-order chi connectivity index (χ0) is 33.8. The van der Waals surface area contributed by atoms with Gasteiger partial charge in [0.2, 0.25) is 5.91 Å². The van der Waals surface area contributed by atoms with Gasteiger partial charge in [0.1, 0.15) is 18.1 Å². The topological polar surface area (TPSA) is 110 Å². The molecule has 0 fully saturated rings. The summed E-state index contributed by atoms with van der Waals surface area (Å²) in [5, 5.41) is 13.2. The lowest BCUT2D eigenvalue weighted by molar-refractivity contribution is -0.167. The van der Waals surface area contributed by atoms with E-state index in [2.05, 4.69) is 49.6 Å².